The number of hydrogen-bond donors (Lipinski definition) is 1. The first-order valence-corrected chi connectivity index (χ1v) is 7.28. The van der Waals surface area contributed by atoms with Gasteiger partial charge in [0.2, 0.25) is 0 Å². The second-order valence-electron chi connectivity index (χ2n) is 6.16. The van der Waals surface area contributed by atoms with Crippen LogP contribution in [0.5, 0.6) is 0 Å². The molecule has 1 heterocycles. The van der Waals surface area contributed by atoms with E-state index in [1.165, 1.54) is 24.9 Å². The van der Waals surface area contributed by atoms with Crippen molar-refractivity contribution in [3.05, 3.63) is 35.9 Å². The summed E-state index contributed by atoms with van der Waals surface area (Å²) < 4.78 is 0. The molecule has 0 aromatic heterocycles. The zero-order valence-corrected chi connectivity index (χ0v) is 11.5. The van der Waals surface area contributed by atoms with Gasteiger partial charge in [0.1, 0.15) is 0 Å². The summed E-state index contributed by atoms with van der Waals surface area (Å²) in [6.45, 7) is 6.96. The molecule has 0 radical (unpaired) electrons. The molecule has 2 fully saturated rings. The summed E-state index contributed by atoms with van der Waals surface area (Å²) >= 11 is 0. The summed E-state index contributed by atoms with van der Waals surface area (Å²) in [4.78, 5) is 2.75. The second kappa shape index (κ2) is 5.02. The van der Waals surface area contributed by atoms with Gasteiger partial charge in [0.05, 0.1) is 0 Å². The Morgan fingerprint density at radius 2 is 1.83 bits per heavy atom. The lowest BCUT2D eigenvalue weighted by Crippen LogP contribution is -2.57. The summed E-state index contributed by atoms with van der Waals surface area (Å²) in [7, 11) is 0. The van der Waals surface area contributed by atoms with Crippen molar-refractivity contribution in [1.29, 1.82) is 0 Å². The molecular weight excluding hydrogens is 220 g/mol. The first kappa shape index (κ1) is 12.2. The third-order valence-electron chi connectivity index (χ3n) is 4.55. The number of rotatable bonds is 2. The monoisotopic (exact) mass is 244 g/mol. The molecule has 1 saturated carbocycles. The molecule has 1 aliphatic carbocycles. The summed E-state index contributed by atoms with van der Waals surface area (Å²) in [5, 5.41) is 3.63. The van der Waals surface area contributed by atoms with E-state index >= 15 is 0 Å². The van der Waals surface area contributed by atoms with Crippen LogP contribution in [0.15, 0.2) is 30.3 Å². The van der Waals surface area contributed by atoms with Gasteiger partial charge in [-0.05, 0) is 31.2 Å². The Morgan fingerprint density at radius 1 is 1.11 bits per heavy atom. The van der Waals surface area contributed by atoms with Gasteiger partial charge in [0.15, 0.2) is 0 Å². The Labute approximate surface area is 110 Å². The van der Waals surface area contributed by atoms with Crippen molar-refractivity contribution in [2.75, 3.05) is 13.1 Å². The molecule has 2 unspecified atom stereocenters. The van der Waals surface area contributed by atoms with E-state index in [9.17, 15) is 0 Å². The van der Waals surface area contributed by atoms with Gasteiger partial charge in [-0.3, -0.25) is 4.90 Å². The van der Waals surface area contributed by atoms with Crippen molar-refractivity contribution in [2.45, 2.75) is 44.8 Å². The fourth-order valence-electron chi connectivity index (χ4n) is 3.46. The van der Waals surface area contributed by atoms with Crippen LogP contribution in [0.25, 0.3) is 0 Å². The van der Waals surface area contributed by atoms with Crippen LogP contribution in [0.2, 0.25) is 0 Å². The lowest BCUT2D eigenvalue weighted by atomic mass is 9.79. The molecule has 2 nitrogen and oxygen atoms in total. The zero-order valence-electron chi connectivity index (χ0n) is 11.5. The minimum Gasteiger partial charge on any atom is -0.311 e. The summed E-state index contributed by atoms with van der Waals surface area (Å²) in [6, 6.07) is 13.0. The Bertz CT molecular complexity index is 383. The van der Waals surface area contributed by atoms with Crippen LogP contribution in [0.1, 0.15) is 38.3 Å². The van der Waals surface area contributed by atoms with Crippen molar-refractivity contribution in [1.82, 2.24) is 10.2 Å². The molecule has 0 spiro atoms. The van der Waals surface area contributed by atoms with Crippen LogP contribution in [-0.2, 0) is 0 Å². The van der Waals surface area contributed by atoms with Gasteiger partial charge in [-0.25, -0.2) is 0 Å². The van der Waals surface area contributed by atoms with Crippen LogP contribution >= 0.6 is 0 Å². The first-order chi connectivity index (χ1) is 8.74. The first-order valence-electron chi connectivity index (χ1n) is 7.28. The topological polar surface area (TPSA) is 15.3 Å². The molecular formula is C16H24N2. The molecule has 2 atom stereocenters. The van der Waals surface area contributed by atoms with Gasteiger partial charge >= 0.3 is 0 Å². The number of nitrogens with zero attached hydrogens (tertiary/aromatic N) is 1. The molecule has 98 valence electrons. The standard InChI is InChI=1S/C16H24N2/c1-12-8-15(9-12)18-11-13(2)17-10-16(18)14-6-4-3-5-7-14/h3-7,12-13,15-17H,8-11H2,1-2H3. The maximum Gasteiger partial charge on any atom is 0.0476 e. The number of hydrogen-bond acceptors (Lipinski definition) is 2. The predicted molar refractivity (Wildman–Crippen MR) is 75.5 cm³/mol. The van der Waals surface area contributed by atoms with Gasteiger partial charge < -0.3 is 5.32 Å². The summed E-state index contributed by atoms with van der Waals surface area (Å²) in [6.07, 6.45) is 2.77. The molecule has 3 rings (SSSR count). The van der Waals surface area contributed by atoms with Gasteiger partial charge in [-0.2, -0.15) is 0 Å². The Balaban J connectivity index is 1.78. The van der Waals surface area contributed by atoms with Crippen LogP contribution in [-0.4, -0.2) is 30.1 Å². The van der Waals surface area contributed by atoms with Crippen molar-refractivity contribution in [2.24, 2.45) is 5.92 Å². The van der Waals surface area contributed by atoms with Crippen LogP contribution in [0.4, 0.5) is 0 Å². The van der Waals surface area contributed by atoms with Crippen molar-refractivity contribution < 1.29 is 0 Å². The van der Waals surface area contributed by atoms with Gasteiger partial charge in [0, 0.05) is 31.2 Å². The highest BCUT2D eigenvalue weighted by Gasteiger charge is 2.37. The minimum absolute atomic E-state index is 0.569. The highest BCUT2D eigenvalue weighted by molar-refractivity contribution is 5.21. The quantitative estimate of drug-likeness (QED) is 0.860. The zero-order chi connectivity index (χ0) is 12.5. The average Bonchev–Trinajstić information content (AvgIpc) is 2.36. The average molecular weight is 244 g/mol. The fraction of sp³-hybridized carbons (Fsp3) is 0.625. The largest absolute Gasteiger partial charge is 0.311 e. The predicted octanol–water partition coefficient (Wildman–Crippen LogP) is 2.82. The summed E-state index contributed by atoms with van der Waals surface area (Å²) in [5.74, 6) is 0.927. The molecule has 2 heteroatoms. The Hall–Kier alpha value is -0.860. The maximum atomic E-state index is 3.63. The highest BCUT2D eigenvalue weighted by atomic mass is 15.3. The molecule has 1 saturated heterocycles. The summed E-state index contributed by atoms with van der Waals surface area (Å²) in [5.41, 5.74) is 1.47. The number of piperazine rings is 1. The van der Waals surface area contributed by atoms with Gasteiger partial charge in [-0.15, -0.1) is 0 Å². The Kier molecular flexibility index (Phi) is 3.40. The SMILES string of the molecule is CC1CC(N2CC(C)NCC2c2ccccc2)C1. The Morgan fingerprint density at radius 3 is 2.50 bits per heavy atom. The highest BCUT2D eigenvalue weighted by Crippen LogP contribution is 2.37. The molecule has 2 aliphatic rings. The normalized spacial score (nSPS) is 37.2. The van der Waals surface area contributed by atoms with Crippen molar-refractivity contribution in [3.8, 4) is 0 Å². The third kappa shape index (κ3) is 2.32. The van der Waals surface area contributed by atoms with Crippen LogP contribution < -0.4 is 5.32 Å². The van der Waals surface area contributed by atoms with E-state index in [-0.39, 0.29) is 0 Å². The smallest absolute Gasteiger partial charge is 0.0476 e. The molecule has 1 N–H and O–H groups in total. The van der Waals surface area contributed by atoms with Crippen molar-refractivity contribution in [3.63, 3.8) is 0 Å². The molecule has 0 amide bonds. The van der Waals surface area contributed by atoms with E-state index in [1.807, 2.05) is 0 Å². The fourth-order valence-corrected chi connectivity index (χ4v) is 3.46. The molecule has 18 heavy (non-hydrogen) atoms. The number of nitrogens with one attached hydrogen (secondary N) is 1. The molecule has 1 aromatic carbocycles. The van der Waals surface area contributed by atoms with E-state index in [4.69, 9.17) is 0 Å². The van der Waals surface area contributed by atoms with E-state index in [0.29, 0.717) is 12.1 Å². The molecule has 1 aliphatic heterocycles. The number of benzene rings is 1. The third-order valence-corrected chi connectivity index (χ3v) is 4.55. The van der Waals surface area contributed by atoms with Gasteiger partial charge in [-0.1, -0.05) is 37.3 Å². The van der Waals surface area contributed by atoms with Crippen LogP contribution in [0.3, 0.4) is 0 Å². The minimum atomic E-state index is 0.569. The van der Waals surface area contributed by atoms with E-state index < -0.39 is 0 Å². The second-order valence-corrected chi connectivity index (χ2v) is 6.16. The van der Waals surface area contributed by atoms with E-state index in [0.717, 1.165) is 18.5 Å². The molecule has 0 bridgehead atoms. The van der Waals surface area contributed by atoms with E-state index in [1.54, 1.807) is 0 Å². The van der Waals surface area contributed by atoms with Crippen LogP contribution in [0, 0.1) is 5.92 Å². The van der Waals surface area contributed by atoms with E-state index in [2.05, 4.69) is 54.4 Å². The van der Waals surface area contributed by atoms with Crippen molar-refractivity contribution >= 4 is 0 Å². The maximum absolute atomic E-state index is 3.63. The van der Waals surface area contributed by atoms with Gasteiger partial charge in [0.25, 0.3) is 0 Å². The lowest BCUT2D eigenvalue weighted by Gasteiger charge is -2.49. The lowest BCUT2D eigenvalue weighted by molar-refractivity contribution is 0.0198. The molecule has 1 aromatic rings.